The van der Waals surface area contributed by atoms with Gasteiger partial charge in [-0.1, -0.05) is 0 Å². The molecular formula is C2N4S4. The highest BCUT2D eigenvalue weighted by atomic mass is 32.8. The molecule has 4 nitrogen and oxygen atoms in total. The van der Waals surface area contributed by atoms with Crippen molar-refractivity contribution < 1.29 is 0 Å². The molecule has 0 unspecified atom stereocenters. The maximum Gasteiger partial charge on any atom is 0.213 e. The molecule has 0 atom stereocenters. The minimum Gasteiger partial charge on any atom is -0.162 e. The first-order valence-electron chi connectivity index (χ1n) is 2.20. The summed E-state index contributed by atoms with van der Waals surface area (Å²) in [5, 5.41) is 0.808. The van der Waals surface area contributed by atoms with Crippen molar-refractivity contribution in [2.75, 3.05) is 0 Å². The minimum atomic E-state index is 0.703. The Morgan fingerprint density at radius 3 is 2.40 bits per heavy atom. The molecule has 0 aromatic heterocycles. The molecule has 0 bridgehead atoms. The summed E-state index contributed by atoms with van der Waals surface area (Å²) in [6.45, 7) is 0. The van der Waals surface area contributed by atoms with Crippen LogP contribution in [0.5, 0.6) is 0 Å². The molecule has 0 N–H and O–H groups in total. The van der Waals surface area contributed by atoms with E-state index in [-0.39, 0.29) is 0 Å². The van der Waals surface area contributed by atoms with E-state index < -0.39 is 0 Å². The van der Waals surface area contributed by atoms with Crippen molar-refractivity contribution in [3.05, 3.63) is 10.9 Å². The lowest BCUT2D eigenvalue weighted by Crippen LogP contribution is -1.70. The molecule has 0 saturated heterocycles. The molecule has 0 aromatic rings. The van der Waals surface area contributed by atoms with Crippen molar-refractivity contribution in [3.63, 3.8) is 0 Å². The maximum absolute atomic E-state index is 4.02. The molecule has 0 saturated carbocycles. The quantitative estimate of drug-likeness (QED) is 0.559. The third-order valence-electron chi connectivity index (χ3n) is 0.753. The van der Waals surface area contributed by atoms with Gasteiger partial charge in [0.2, 0.25) is 5.82 Å². The summed E-state index contributed by atoms with van der Waals surface area (Å²) >= 11 is 2.51. The molecule has 8 heteroatoms. The molecule has 2 heterocycles. The van der Waals surface area contributed by atoms with Crippen molar-refractivity contribution in [1.82, 2.24) is 0 Å². The minimum absolute atomic E-state index is 0.703. The molecule has 2 rings (SSSR count). The number of hydrogen-bond donors (Lipinski definition) is 0. The van der Waals surface area contributed by atoms with Crippen LogP contribution in [-0.4, -0.2) is 0 Å². The summed E-state index contributed by atoms with van der Waals surface area (Å²) in [7, 11) is 2.72. The van der Waals surface area contributed by atoms with Crippen molar-refractivity contribution in [1.29, 1.82) is 0 Å². The lowest BCUT2D eigenvalue weighted by atomic mass is 10.8. The van der Waals surface area contributed by atoms with Gasteiger partial charge >= 0.3 is 0 Å². The highest BCUT2D eigenvalue weighted by molar-refractivity contribution is 8.17. The van der Waals surface area contributed by atoms with Gasteiger partial charge < -0.3 is 0 Å². The van der Waals surface area contributed by atoms with Gasteiger partial charge in [0.1, 0.15) is 0 Å². The molecule has 2 aliphatic heterocycles. The first kappa shape index (κ1) is 6.65. The van der Waals surface area contributed by atoms with Gasteiger partial charge in [-0.3, -0.25) is 0 Å². The van der Waals surface area contributed by atoms with E-state index in [1.165, 1.54) is 43.5 Å². The van der Waals surface area contributed by atoms with Gasteiger partial charge in [-0.2, -0.15) is 13.1 Å². The topological polar surface area (TPSA) is 49.4 Å². The highest BCUT2D eigenvalue weighted by Crippen LogP contribution is 2.27. The fourth-order valence-corrected chi connectivity index (χ4v) is 2.77. The molecule has 0 spiro atoms. The predicted molar refractivity (Wildman–Crippen MR) is 46.4 cm³/mol. The van der Waals surface area contributed by atoms with E-state index in [0.717, 1.165) is 5.03 Å². The first-order valence-corrected chi connectivity index (χ1v) is 5.77. The summed E-state index contributed by atoms with van der Waals surface area (Å²) in [6.07, 6.45) is 0. The van der Waals surface area contributed by atoms with Gasteiger partial charge in [0.15, 0.2) is 5.03 Å². The first-order chi connectivity index (χ1) is 4.97. The molecule has 52 valence electrons. The Labute approximate surface area is 71.2 Å². The number of hydrogen-bond acceptors (Lipinski definition) is 5. The van der Waals surface area contributed by atoms with Crippen LogP contribution >= 0.6 is 11.9 Å². The van der Waals surface area contributed by atoms with Gasteiger partial charge in [-0.05, 0) is 0 Å². The van der Waals surface area contributed by atoms with Crippen LogP contribution in [0, 0.1) is 0 Å². The summed E-state index contributed by atoms with van der Waals surface area (Å²) in [5.41, 5.74) is 0. The molecule has 0 aromatic carbocycles. The van der Waals surface area contributed by atoms with Crippen molar-refractivity contribution in [2.45, 2.75) is 0 Å². The van der Waals surface area contributed by atoms with Gasteiger partial charge in [0, 0.05) is 20.2 Å². The zero-order valence-electron chi connectivity index (χ0n) is 4.42. The molecule has 10 heavy (non-hydrogen) atoms. The van der Waals surface area contributed by atoms with E-state index in [0.29, 0.717) is 5.82 Å². The van der Waals surface area contributed by atoms with Crippen LogP contribution < -0.4 is 0 Å². The van der Waals surface area contributed by atoms with Crippen LogP contribution in [0.2, 0.25) is 0 Å². The summed E-state index contributed by atoms with van der Waals surface area (Å²) < 4.78 is 15.9. The largest absolute Gasteiger partial charge is 0.213 e. The van der Waals surface area contributed by atoms with E-state index in [1.54, 1.807) is 0 Å². The van der Waals surface area contributed by atoms with E-state index >= 15 is 0 Å². The van der Waals surface area contributed by atoms with Gasteiger partial charge in [-0.15, -0.1) is 3.77 Å². The van der Waals surface area contributed by atoms with E-state index in [4.69, 9.17) is 0 Å². The Morgan fingerprint density at radius 1 is 1.00 bits per heavy atom. The van der Waals surface area contributed by atoms with Crippen LogP contribution in [0.1, 0.15) is 0 Å². The summed E-state index contributed by atoms with van der Waals surface area (Å²) in [6, 6.07) is 0. The lowest BCUT2D eigenvalue weighted by Gasteiger charge is -1.85. The highest BCUT2D eigenvalue weighted by Gasteiger charge is 2.08. The Hall–Kier alpha value is -0.0500. The molecule has 2 aliphatic rings. The third kappa shape index (κ3) is 1.19. The van der Waals surface area contributed by atoms with Gasteiger partial charge in [0.05, 0.1) is 23.3 Å². The average molecular weight is 208 g/mol. The average Bonchev–Trinajstić information content (AvgIpc) is 2.59. The van der Waals surface area contributed by atoms with Crippen molar-refractivity contribution in [2.24, 2.45) is 16.9 Å². The van der Waals surface area contributed by atoms with Crippen molar-refractivity contribution in [3.8, 4) is 0 Å². The molecule has 0 fully saturated rings. The van der Waals surface area contributed by atoms with Crippen molar-refractivity contribution >= 4 is 43.5 Å². The van der Waals surface area contributed by atoms with Crippen LogP contribution in [0.25, 0.3) is 0 Å². The number of rotatable bonds is 0. The number of nitrogens with zero attached hydrogens (tertiary/aromatic N) is 4. The normalized spacial score (nSPS) is 20.8. The second-order valence-corrected chi connectivity index (χ2v) is 4.37. The standard InChI is InChI=1S/C2N4S4/c3-1(4-10-9-3)2-5-8-6-7-2. The molecule has 0 amide bonds. The van der Waals surface area contributed by atoms with Crippen LogP contribution in [-0.2, 0) is 31.6 Å². The van der Waals surface area contributed by atoms with Crippen LogP contribution in [0.15, 0.2) is 27.7 Å². The third-order valence-corrected chi connectivity index (χ3v) is 3.35. The molecular weight excluding hydrogens is 208 g/mol. The Bertz CT molecular complexity index is 343. The van der Waals surface area contributed by atoms with Crippen LogP contribution in [0.3, 0.4) is 0 Å². The van der Waals surface area contributed by atoms with Gasteiger partial charge in [0.25, 0.3) is 0 Å². The summed E-state index contributed by atoms with van der Waals surface area (Å²) in [5.74, 6) is 0.703. The monoisotopic (exact) mass is 208 g/mol. The zero-order chi connectivity index (χ0) is 6.81. The fourth-order valence-electron chi connectivity index (χ4n) is 0.403. The zero-order valence-corrected chi connectivity index (χ0v) is 7.69. The Kier molecular flexibility index (Phi) is 1.93. The van der Waals surface area contributed by atoms with Gasteiger partial charge in [-0.25, -0.2) is 0 Å². The predicted octanol–water partition coefficient (Wildman–Crippen LogP) is 1.69. The van der Waals surface area contributed by atoms with E-state index in [9.17, 15) is 0 Å². The second-order valence-electron chi connectivity index (χ2n) is 1.30. The molecule has 0 aliphatic carbocycles. The Balaban J connectivity index is 2.43. The fraction of sp³-hybridized carbons (Fsp3) is 0. The van der Waals surface area contributed by atoms with Crippen LogP contribution in [0.4, 0.5) is 0 Å². The SMILES string of the molecule is N1=S=NC(=C2N=S=S=N2)S1. The molecule has 0 radical (unpaired) electrons. The van der Waals surface area contributed by atoms with E-state index in [2.05, 4.69) is 16.9 Å². The maximum atomic E-state index is 4.02. The van der Waals surface area contributed by atoms with E-state index in [1.807, 2.05) is 0 Å². The lowest BCUT2D eigenvalue weighted by molar-refractivity contribution is 1.26. The Morgan fingerprint density at radius 2 is 1.80 bits per heavy atom. The second kappa shape index (κ2) is 2.91. The summed E-state index contributed by atoms with van der Waals surface area (Å²) in [4.78, 5) is 0. The smallest absolute Gasteiger partial charge is 0.162 e.